The predicted molar refractivity (Wildman–Crippen MR) is 63.5 cm³/mol. The number of rotatable bonds is 2. The van der Waals surface area contributed by atoms with Crippen LogP contribution in [0, 0.1) is 13.8 Å². The Morgan fingerprint density at radius 2 is 2.00 bits per heavy atom. The first-order chi connectivity index (χ1) is 7.59. The molecule has 0 fully saturated rings. The summed E-state index contributed by atoms with van der Waals surface area (Å²) in [5, 5.41) is 7.66. The van der Waals surface area contributed by atoms with Crippen LogP contribution in [0.25, 0.3) is 11.5 Å². The summed E-state index contributed by atoms with van der Waals surface area (Å²) in [6, 6.07) is 6.00. The lowest BCUT2D eigenvalue weighted by atomic mass is 10.0. The average molecular weight is 237 g/mol. The maximum absolute atomic E-state index is 5.88. The quantitative estimate of drug-likeness (QED) is 0.747. The molecule has 0 saturated heterocycles. The molecule has 0 aliphatic heterocycles. The van der Waals surface area contributed by atoms with Crippen molar-refractivity contribution in [2.45, 2.75) is 26.1 Å². The van der Waals surface area contributed by atoms with Gasteiger partial charge in [-0.05, 0) is 38.0 Å². The van der Waals surface area contributed by atoms with Crippen LogP contribution in [0.15, 0.2) is 22.6 Å². The van der Waals surface area contributed by atoms with E-state index in [1.54, 1.807) is 0 Å². The summed E-state index contributed by atoms with van der Waals surface area (Å²) in [7, 11) is 0. The van der Waals surface area contributed by atoms with Gasteiger partial charge >= 0.3 is 0 Å². The molecule has 0 amide bonds. The highest BCUT2D eigenvalue weighted by atomic mass is 35.5. The highest BCUT2D eigenvalue weighted by Gasteiger charge is 2.14. The van der Waals surface area contributed by atoms with E-state index in [4.69, 9.17) is 16.0 Å². The Morgan fingerprint density at radius 1 is 1.25 bits per heavy atom. The molecule has 1 aromatic heterocycles. The lowest BCUT2D eigenvalue weighted by Gasteiger charge is -2.03. The Hall–Kier alpha value is -1.35. The third-order valence-corrected chi connectivity index (χ3v) is 2.80. The number of halogens is 1. The molecule has 0 aliphatic rings. The number of alkyl halides is 1. The Balaban J connectivity index is 2.47. The maximum atomic E-state index is 5.88. The van der Waals surface area contributed by atoms with Gasteiger partial charge in [0.25, 0.3) is 0 Å². The average Bonchev–Trinajstić information content (AvgIpc) is 2.71. The molecule has 0 saturated carbocycles. The Kier molecular flexibility index (Phi) is 2.97. The number of aryl methyl sites for hydroxylation is 1. The van der Waals surface area contributed by atoms with E-state index in [9.17, 15) is 0 Å². The molecule has 2 rings (SSSR count). The minimum Gasteiger partial charge on any atom is -0.419 e. The molecule has 1 atom stereocenters. The van der Waals surface area contributed by atoms with Gasteiger partial charge in [0.15, 0.2) is 0 Å². The van der Waals surface area contributed by atoms with Crippen LogP contribution in [0.1, 0.15) is 29.3 Å². The summed E-state index contributed by atoms with van der Waals surface area (Å²) in [6.07, 6.45) is 0. The van der Waals surface area contributed by atoms with E-state index >= 15 is 0 Å². The molecule has 2 aromatic rings. The Bertz CT molecular complexity index is 505. The van der Waals surface area contributed by atoms with Gasteiger partial charge in [0.1, 0.15) is 5.38 Å². The predicted octanol–water partition coefficient (Wildman–Crippen LogP) is 3.65. The van der Waals surface area contributed by atoms with E-state index in [0.29, 0.717) is 11.8 Å². The van der Waals surface area contributed by atoms with E-state index in [-0.39, 0.29) is 5.38 Å². The molecule has 0 bridgehead atoms. The first kappa shape index (κ1) is 11.1. The second-order valence-corrected chi connectivity index (χ2v) is 4.46. The molecule has 0 radical (unpaired) electrons. The highest BCUT2D eigenvalue weighted by molar-refractivity contribution is 6.20. The summed E-state index contributed by atoms with van der Waals surface area (Å²) in [5.41, 5.74) is 3.33. The van der Waals surface area contributed by atoms with Crippen molar-refractivity contribution in [1.29, 1.82) is 0 Å². The zero-order chi connectivity index (χ0) is 11.7. The summed E-state index contributed by atoms with van der Waals surface area (Å²) in [6.45, 7) is 5.90. The number of nitrogens with zero attached hydrogens (tertiary/aromatic N) is 2. The van der Waals surface area contributed by atoms with Crippen molar-refractivity contribution >= 4 is 11.6 Å². The van der Waals surface area contributed by atoms with E-state index in [2.05, 4.69) is 23.2 Å². The fourth-order valence-corrected chi connectivity index (χ4v) is 1.58. The monoisotopic (exact) mass is 236 g/mol. The molecule has 0 N–H and O–H groups in total. The number of hydrogen-bond acceptors (Lipinski definition) is 3. The van der Waals surface area contributed by atoms with Gasteiger partial charge in [-0.2, -0.15) is 0 Å². The summed E-state index contributed by atoms with van der Waals surface area (Å²) in [4.78, 5) is 0. The molecule has 16 heavy (non-hydrogen) atoms. The van der Waals surface area contributed by atoms with E-state index in [1.807, 2.05) is 26.0 Å². The second-order valence-electron chi connectivity index (χ2n) is 3.81. The standard InChI is InChI=1S/C12H13ClN2O/c1-7-5-4-6-10(8(7)2)12-15-14-11(16-12)9(3)13/h4-6,9H,1-3H3. The normalized spacial score (nSPS) is 12.8. The van der Waals surface area contributed by atoms with Gasteiger partial charge in [0.2, 0.25) is 11.8 Å². The van der Waals surface area contributed by atoms with Crippen LogP contribution in [0.3, 0.4) is 0 Å². The van der Waals surface area contributed by atoms with Gasteiger partial charge in [-0.3, -0.25) is 0 Å². The first-order valence-electron chi connectivity index (χ1n) is 5.13. The third-order valence-electron chi connectivity index (χ3n) is 2.62. The summed E-state index contributed by atoms with van der Waals surface area (Å²) in [5.74, 6) is 0.987. The van der Waals surface area contributed by atoms with Gasteiger partial charge in [0, 0.05) is 5.56 Å². The van der Waals surface area contributed by atoms with Crippen molar-refractivity contribution in [2.24, 2.45) is 0 Å². The van der Waals surface area contributed by atoms with Crippen molar-refractivity contribution < 1.29 is 4.42 Å². The van der Waals surface area contributed by atoms with E-state index in [0.717, 1.165) is 11.1 Å². The molecule has 1 aromatic carbocycles. The van der Waals surface area contributed by atoms with Crippen molar-refractivity contribution in [3.63, 3.8) is 0 Å². The lowest BCUT2D eigenvalue weighted by Crippen LogP contribution is -1.86. The fraction of sp³-hybridized carbons (Fsp3) is 0.333. The zero-order valence-corrected chi connectivity index (χ0v) is 10.2. The zero-order valence-electron chi connectivity index (χ0n) is 9.49. The van der Waals surface area contributed by atoms with E-state index in [1.165, 1.54) is 5.56 Å². The Labute approximate surface area is 99.5 Å². The largest absolute Gasteiger partial charge is 0.419 e. The smallest absolute Gasteiger partial charge is 0.248 e. The van der Waals surface area contributed by atoms with E-state index < -0.39 is 0 Å². The van der Waals surface area contributed by atoms with Crippen LogP contribution in [-0.4, -0.2) is 10.2 Å². The lowest BCUT2D eigenvalue weighted by molar-refractivity contribution is 0.507. The van der Waals surface area contributed by atoms with Crippen molar-refractivity contribution in [2.75, 3.05) is 0 Å². The third kappa shape index (κ3) is 1.95. The topological polar surface area (TPSA) is 38.9 Å². The molecular formula is C12H13ClN2O. The van der Waals surface area contributed by atoms with Crippen LogP contribution in [0.4, 0.5) is 0 Å². The van der Waals surface area contributed by atoms with Crippen LogP contribution in [-0.2, 0) is 0 Å². The second kappa shape index (κ2) is 4.26. The van der Waals surface area contributed by atoms with Gasteiger partial charge in [0.05, 0.1) is 0 Å². The molecule has 4 heteroatoms. The van der Waals surface area contributed by atoms with Crippen molar-refractivity contribution in [3.8, 4) is 11.5 Å². The minimum atomic E-state index is -0.258. The van der Waals surface area contributed by atoms with Crippen LogP contribution >= 0.6 is 11.6 Å². The van der Waals surface area contributed by atoms with Gasteiger partial charge in [-0.15, -0.1) is 21.8 Å². The molecule has 0 aliphatic carbocycles. The summed E-state index contributed by atoms with van der Waals surface area (Å²) >= 11 is 5.88. The molecule has 1 unspecified atom stereocenters. The van der Waals surface area contributed by atoms with Gasteiger partial charge < -0.3 is 4.42 Å². The Morgan fingerprint density at radius 3 is 2.62 bits per heavy atom. The number of aromatic nitrogens is 2. The van der Waals surface area contributed by atoms with Crippen LogP contribution in [0.2, 0.25) is 0 Å². The minimum absolute atomic E-state index is 0.258. The molecule has 3 nitrogen and oxygen atoms in total. The van der Waals surface area contributed by atoms with Crippen LogP contribution < -0.4 is 0 Å². The molecule has 0 spiro atoms. The molecule has 1 heterocycles. The number of benzene rings is 1. The van der Waals surface area contributed by atoms with Crippen molar-refractivity contribution in [3.05, 3.63) is 35.2 Å². The van der Waals surface area contributed by atoms with Gasteiger partial charge in [-0.25, -0.2) is 0 Å². The number of hydrogen-bond donors (Lipinski definition) is 0. The first-order valence-corrected chi connectivity index (χ1v) is 5.57. The fourth-order valence-electron chi connectivity index (χ4n) is 1.49. The molecule has 84 valence electrons. The SMILES string of the molecule is Cc1cccc(-c2nnc(C(C)Cl)o2)c1C. The molecular weight excluding hydrogens is 224 g/mol. The summed E-state index contributed by atoms with van der Waals surface area (Å²) < 4.78 is 5.51. The maximum Gasteiger partial charge on any atom is 0.248 e. The highest BCUT2D eigenvalue weighted by Crippen LogP contribution is 2.26. The van der Waals surface area contributed by atoms with Gasteiger partial charge in [-0.1, -0.05) is 12.1 Å². The van der Waals surface area contributed by atoms with Crippen LogP contribution in [0.5, 0.6) is 0 Å². The van der Waals surface area contributed by atoms with Crippen molar-refractivity contribution in [1.82, 2.24) is 10.2 Å².